The van der Waals surface area contributed by atoms with Gasteiger partial charge < -0.3 is 10.2 Å². The van der Waals surface area contributed by atoms with Crippen LogP contribution in [0.4, 0.5) is 5.69 Å². The van der Waals surface area contributed by atoms with Gasteiger partial charge in [-0.05, 0) is 31.0 Å². The molecule has 3 rings (SSSR count). The van der Waals surface area contributed by atoms with Crippen LogP contribution < -0.4 is 10.2 Å². The van der Waals surface area contributed by atoms with E-state index in [1.54, 1.807) is 4.68 Å². The summed E-state index contributed by atoms with van der Waals surface area (Å²) in [6.07, 6.45) is 4.21. The van der Waals surface area contributed by atoms with Gasteiger partial charge in [-0.25, -0.2) is 0 Å². The Balaban J connectivity index is 1.58. The van der Waals surface area contributed by atoms with Gasteiger partial charge in [0.2, 0.25) is 5.91 Å². The highest BCUT2D eigenvalue weighted by Gasteiger charge is 2.23. The molecule has 122 valence electrons. The minimum Gasteiger partial charge on any atom is -0.368 e. The van der Waals surface area contributed by atoms with E-state index in [1.165, 1.54) is 0 Å². The largest absolute Gasteiger partial charge is 0.368 e. The molecule has 0 radical (unpaired) electrons. The van der Waals surface area contributed by atoms with Crippen molar-refractivity contribution < 1.29 is 4.79 Å². The molecule has 1 aliphatic rings. The summed E-state index contributed by atoms with van der Waals surface area (Å²) in [6.45, 7) is 1.76. The number of anilines is 1. The van der Waals surface area contributed by atoms with Crippen molar-refractivity contribution in [3.63, 3.8) is 0 Å². The molecule has 0 bridgehead atoms. The SMILES string of the molecule is Cn1ccc(CC(=O)NC2CCCN(c3ccccc3Cl)C2)n1. The molecule has 1 N–H and O–H groups in total. The molecule has 0 saturated carbocycles. The number of halogens is 1. The van der Waals surface area contributed by atoms with Gasteiger partial charge in [0.1, 0.15) is 0 Å². The number of hydrogen-bond acceptors (Lipinski definition) is 3. The number of aryl methyl sites for hydroxylation is 1. The molecule has 1 amide bonds. The predicted molar refractivity (Wildman–Crippen MR) is 91.7 cm³/mol. The van der Waals surface area contributed by atoms with E-state index in [0.717, 1.165) is 42.3 Å². The maximum atomic E-state index is 12.2. The van der Waals surface area contributed by atoms with E-state index in [2.05, 4.69) is 15.3 Å². The lowest BCUT2D eigenvalue weighted by Gasteiger charge is -2.35. The number of nitrogens with zero attached hydrogens (tertiary/aromatic N) is 3. The topological polar surface area (TPSA) is 50.2 Å². The van der Waals surface area contributed by atoms with Crippen molar-refractivity contribution in [1.29, 1.82) is 0 Å². The first-order valence-electron chi connectivity index (χ1n) is 7.89. The molecule has 2 heterocycles. The normalized spacial score (nSPS) is 18.0. The standard InChI is InChI=1S/C17H21ClN4O/c1-21-10-8-13(20-21)11-17(23)19-14-5-4-9-22(12-14)16-7-3-2-6-15(16)18/h2-3,6-8,10,14H,4-5,9,11-12H2,1H3,(H,19,23). The van der Waals surface area contributed by atoms with Crippen LogP contribution in [-0.4, -0.2) is 34.8 Å². The number of nitrogens with one attached hydrogen (secondary N) is 1. The second-order valence-electron chi connectivity index (χ2n) is 5.96. The first kappa shape index (κ1) is 15.9. The smallest absolute Gasteiger partial charge is 0.226 e. The minimum absolute atomic E-state index is 0.0229. The van der Waals surface area contributed by atoms with E-state index in [4.69, 9.17) is 11.6 Å². The molecule has 2 aromatic rings. The molecule has 1 saturated heterocycles. The van der Waals surface area contributed by atoms with Crippen LogP contribution in [0.3, 0.4) is 0 Å². The Morgan fingerprint density at radius 2 is 2.22 bits per heavy atom. The van der Waals surface area contributed by atoms with Crippen molar-refractivity contribution in [3.8, 4) is 0 Å². The monoisotopic (exact) mass is 332 g/mol. The third-order valence-electron chi connectivity index (χ3n) is 4.09. The van der Waals surface area contributed by atoms with E-state index < -0.39 is 0 Å². The van der Waals surface area contributed by atoms with Crippen LogP contribution in [0.25, 0.3) is 0 Å². The van der Waals surface area contributed by atoms with Crippen LogP contribution in [0.1, 0.15) is 18.5 Å². The summed E-state index contributed by atoms with van der Waals surface area (Å²) in [7, 11) is 1.85. The summed E-state index contributed by atoms with van der Waals surface area (Å²) in [5, 5.41) is 8.13. The third kappa shape index (κ3) is 4.05. The average Bonchev–Trinajstić information content (AvgIpc) is 2.93. The van der Waals surface area contributed by atoms with Gasteiger partial charge in [-0.2, -0.15) is 5.10 Å². The zero-order chi connectivity index (χ0) is 16.2. The van der Waals surface area contributed by atoms with Gasteiger partial charge in [-0.3, -0.25) is 9.48 Å². The van der Waals surface area contributed by atoms with Crippen molar-refractivity contribution in [2.45, 2.75) is 25.3 Å². The maximum Gasteiger partial charge on any atom is 0.226 e. The lowest BCUT2D eigenvalue weighted by Crippen LogP contribution is -2.48. The van der Waals surface area contributed by atoms with Crippen molar-refractivity contribution in [1.82, 2.24) is 15.1 Å². The van der Waals surface area contributed by atoms with E-state index in [-0.39, 0.29) is 11.9 Å². The molecule has 5 nitrogen and oxygen atoms in total. The summed E-state index contributed by atoms with van der Waals surface area (Å²) in [5.74, 6) is 0.0229. The Labute approximate surface area is 141 Å². The highest BCUT2D eigenvalue weighted by atomic mass is 35.5. The highest BCUT2D eigenvalue weighted by molar-refractivity contribution is 6.33. The van der Waals surface area contributed by atoms with Gasteiger partial charge in [0.05, 0.1) is 22.8 Å². The molecular weight excluding hydrogens is 312 g/mol. The molecule has 0 spiro atoms. The lowest BCUT2D eigenvalue weighted by molar-refractivity contribution is -0.121. The number of aromatic nitrogens is 2. The van der Waals surface area contributed by atoms with Gasteiger partial charge in [0.15, 0.2) is 0 Å². The number of rotatable bonds is 4. The lowest BCUT2D eigenvalue weighted by atomic mass is 10.0. The number of piperidine rings is 1. The van der Waals surface area contributed by atoms with Crippen LogP contribution in [0.2, 0.25) is 5.02 Å². The first-order chi connectivity index (χ1) is 11.1. The van der Waals surface area contributed by atoms with E-state index >= 15 is 0 Å². The number of para-hydroxylation sites is 1. The highest BCUT2D eigenvalue weighted by Crippen LogP contribution is 2.27. The Morgan fingerprint density at radius 1 is 1.39 bits per heavy atom. The van der Waals surface area contributed by atoms with Gasteiger partial charge in [-0.1, -0.05) is 23.7 Å². The molecule has 23 heavy (non-hydrogen) atoms. The Bertz CT molecular complexity index is 685. The van der Waals surface area contributed by atoms with Gasteiger partial charge >= 0.3 is 0 Å². The van der Waals surface area contributed by atoms with Gasteiger partial charge in [0.25, 0.3) is 0 Å². The van der Waals surface area contributed by atoms with E-state index in [9.17, 15) is 4.79 Å². The minimum atomic E-state index is 0.0229. The molecule has 1 aromatic carbocycles. The Hall–Kier alpha value is -2.01. The van der Waals surface area contributed by atoms with Gasteiger partial charge in [-0.15, -0.1) is 0 Å². The van der Waals surface area contributed by atoms with Crippen molar-refractivity contribution in [2.24, 2.45) is 7.05 Å². The van der Waals surface area contributed by atoms with Crippen molar-refractivity contribution in [2.75, 3.05) is 18.0 Å². The molecule has 1 aromatic heterocycles. The van der Waals surface area contributed by atoms with E-state index in [1.807, 2.05) is 43.6 Å². The number of hydrogen-bond donors (Lipinski definition) is 1. The zero-order valence-corrected chi connectivity index (χ0v) is 14.0. The first-order valence-corrected chi connectivity index (χ1v) is 8.27. The molecule has 1 unspecified atom stereocenters. The molecule has 0 aliphatic carbocycles. The average molecular weight is 333 g/mol. The fourth-order valence-electron chi connectivity index (χ4n) is 3.02. The zero-order valence-electron chi connectivity index (χ0n) is 13.2. The summed E-state index contributed by atoms with van der Waals surface area (Å²) in [4.78, 5) is 14.4. The predicted octanol–water partition coefficient (Wildman–Crippen LogP) is 2.40. The molecule has 1 atom stereocenters. The quantitative estimate of drug-likeness (QED) is 0.935. The summed E-state index contributed by atoms with van der Waals surface area (Å²) in [6, 6.07) is 9.87. The van der Waals surface area contributed by atoms with E-state index in [0.29, 0.717) is 6.42 Å². The van der Waals surface area contributed by atoms with Gasteiger partial charge in [0, 0.05) is 32.4 Å². The summed E-state index contributed by atoms with van der Waals surface area (Å²) >= 11 is 6.28. The molecule has 1 fully saturated rings. The van der Waals surface area contributed by atoms with Crippen LogP contribution in [0, 0.1) is 0 Å². The Morgan fingerprint density at radius 3 is 2.96 bits per heavy atom. The number of benzene rings is 1. The molecular formula is C17H21ClN4O. The summed E-state index contributed by atoms with van der Waals surface area (Å²) in [5.41, 5.74) is 1.83. The fourth-order valence-corrected chi connectivity index (χ4v) is 3.28. The van der Waals surface area contributed by atoms with Crippen molar-refractivity contribution >= 4 is 23.2 Å². The Kier molecular flexibility index (Phi) is 4.86. The van der Waals surface area contributed by atoms with Crippen LogP contribution in [0.5, 0.6) is 0 Å². The van der Waals surface area contributed by atoms with Crippen LogP contribution in [-0.2, 0) is 18.3 Å². The summed E-state index contributed by atoms with van der Waals surface area (Å²) < 4.78 is 1.71. The third-order valence-corrected chi connectivity index (χ3v) is 4.41. The van der Waals surface area contributed by atoms with Crippen molar-refractivity contribution in [3.05, 3.63) is 47.2 Å². The van der Waals surface area contributed by atoms with Crippen LogP contribution in [0.15, 0.2) is 36.5 Å². The van der Waals surface area contributed by atoms with Crippen LogP contribution >= 0.6 is 11.6 Å². The maximum absolute atomic E-state index is 12.2. The number of amides is 1. The fraction of sp³-hybridized carbons (Fsp3) is 0.412. The molecule has 6 heteroatoms. The second-order valence-corrected chi connectivity index (χ2v) is 6.37. The number of carbonyl (C=O) groups is 1. The number of carbonyl (C=O) groups excluding carboxylic acids is 1. The molecule has 1 aliphatic heterocycles. The second kappa shape index (κ2) is 7.04.